The monoisotopic (exact) mass is 951 g/mol. The molecular weight excluding hydrogens is 840 g/mol. The minimum absolute atomic E-state index is 0.00544. The number of quaternary nitrogens is 1. The van der Waals surface area contributed by atoms with Crippen LogP contribution in [0.3, 0.4) is 0 Å². The molecule has 390 valence electrons. The van der Waals surface area contributed by atoms with Crippen molar-refractivity contribution in [3.05, 3.63) is 36.5 Å². The highest BCUT2D eigenvalue weighted by molar-refractivity contribution is 7.45. The fraction of sp³-hybridized carbons (Fsp3) is 0.877. The van der Waals surface area contributed by atoms with E-state index < -0.39 is 26.6 Å². The van der Waals surface area contributed by atoms with Gasteiger partial charge in [-0.3, -0.25) is 9.36 Å². The van der Waals surface area contributed by atoms with E-state index in [1.807, 2.05) is 27.2 Å². The van der Waals surface area contributed by atoms with Crippen LogP contribution in [-0.4, -0.2) is 68.5 Å². The van der Waals surface area contributed by atoms with Gasteiger partial charge in [0.05, 0.1) is 39.9 Å². The molecule has 0 fully saturated rings. The van der Waals surface area contributed by atoms with Crippen LogP contribution in [0, 0.1) is 0 Å². The van der Waals surface area contributed by atoms with Gasteiger partial charge in [0.25, 0.3) is 7.82 Å². The summed E-state index contributed by atoms with van der Waals surface area (Å²) in [5, 5.41) is 13.8. The maximum Gasteiger partial charge on any atom is 0.268 e. The molecule has 0 radical (unpaired) electrons. The number of nitrogens with zero attached hydrogens (tertiary/aromatic N) is 1. The lowest BCUT2D eigenvalue weighted by atomic mass is 10.0. The Morgan fingerprint density at radius 2 is 0.848 bits per heavy atom. The Hall–Kier alpha value is -1.28. The minimum Gasteiger partial charge on any atom is -0.756 e. The minimum atomic E-state index is -4.60. The maximum atomic E-state index is 12.9. The van der Waals surface area contributed by atoms with Crippen molar-refractivity contribution >= 4 is 13.7 Å². The van der Waals surface area contributed by atoms with Crippen molar-refractivity contribution in [2.45, 2.75) is 283 Å². The van der Waals surface area contributed by atoms with Crippen LogP contribution in [0.5, 0.6) is 0 Å². The summed E-state index contributed by atoms with van der Waals surface area (Å²) < 4.78 is 23.2. The van der Waals surface area contributed by atoms with Gasteiger partial charge in [0.15, 0.2) is 0 Å². The molecule has 0 saturated heterocycles. The summed E-state index contributed by atoms with van der Waals surface area (Å²) >= 11 is 0. The van der Waals surface area contributed by atoms with E-state index in [0.29, 0.717) is 17.4 Å². The topological polar surface area (TPSA) is 108 Å². The predicted octanol–water partition coefficient (Wildman–Crippen LogP) is 16.4. The molecule has 0 aliphatic carbocycles. The average Bonchev–Trinajstić information content (AvgIpc) is 3.28. The molecule has 0 saturated carbocycles. The number of hydrogen-bond acceptors (Lipinski definition) is 6. The van der Waals surface area contributed by atoms with Gasteiger partial charge < -0.3 is 28.8 Å². The van der Waals surface area contributed by atoms with E-state index in [2.05, 4.69) is 43.5 Å². The molecule has 0 aromatic carbocycles. The Kier molecular flexibility index (Phi) is 47.8. The standard InChI is InChI=1S/C57H111N2O6P/c1-6-8-10-12-14-16-18-20-21-22-23-24-25-26-27-28-29-30-31-32-33-34-35-36-37-38-39-41-43-45-47-49-51-57(61)58-55(54-65-66(62,63)64-53-52-59(3,4)5)56(60)50-48-46-44-42-40-19-17-15-13-11-9-7-2/h26-27,40,42,48,50,55-56,60H,6-25,28-39,41,43-47,49,51-54H2,1-5H3,(H-,58,61,62,63)/b27-26-,42-40+,50-48+. The second-order valence-corrected chi connectivity index (χ2v) is 22.0. The highest BCUT2D eigenvalue weighted by Gasteiger charge is 2.23. The van der Waals surface area contributed by atoms with E-state index in [1.165, 1.54) is 212 Å². The first-order valence-electron chi connectivity index (χ1n) is 28.4. The molecule has 3 atom stereocenters. The third-order valence-corrected chi connectivity index (χ3v) is 13.8. The van der Waals surface area contributed by atoms with Crippen molar-refractivity contribution in [1.82, 2.24) is 5.32 Å². The molecule has 9 heteroatoms. The number of likely N-dealkylation sites (N-methyl/N-ethyl adjacent to an activating group) is 1. The molecule has 0 heterocycles. The van der Waals surface area contributed by atoms with E-state index in [-0.39, 0.29) is 12.5 Å². The molecule has 2 N–H and O–H groups in total. The Labute approximate surface area is 410 Å². The number of phosphoric ester groups is 1. The number of rotatable bonds is 52. The quantitative estimate of drug-likeness (QED) is 0.0272. The van der Waals surface area contributed by atoms with E-state index in [0.717, 1.165) is 38.5 Å². The SMILES string of the molecule is CCCCCCCC/C=C/CC/C=C/C(O)C(COP(=O)([O-])OCC[N+](C)(C)C)NC(=O)CCCCCCCCCCCCCCCCCC/C=C\CCCCCCCCCCCCCC. The number of carbonyl (C=O) groups is 1. The normalized spacial score (nSPS) is 14.2. The smallest absolute Gasteiger partial charge is 0.268 e. The third kappa shape index (κ3) is 50.6. The predicted molar refractivity (Wildman–Crippen MR) is 284 cm³/mol. The zero-order chi connectivity index (χ0) is 48.5. The molecule has 3 unspecified atom stereocenters. The van der Waals surface area contributed by atoms with Gasteiger partial charge in [0.2, 0.25) is 5.91 Å². The van der Waals surface area contributed by atoms with Gasteiger partial charge in [-0.05, 0) is 57.8 Å². The summed E-state index contributed by atoms with van der Waals surface area (Å²) in [6.07, 6.45) is 62.4. The van der Waals surface area contributed by atoms with Crippen LogP contribution in [0.4, 0.5) is 0 Å². The van der Waals surface area contributed by atoms with Gasteiger partial charge in [-0.2, -0.15) is 0 Å². The molecule has 0 rings (SSSR count). The van der Waals surface area contributed by atoms with E-state index in [4.69, 9.17) is 9.05 Å². The van der Waals surface area contributed by atoms with Crippen molar-refractivity contribution in [2.24, 2.45) is 0 Å². The summed E-state index contributed by atoms with van der Waals surface area (Å²) in [5.41, 5.74) is 0. The van der Waals surface area contributed by atoms with Crippen LogP contribution in [-0.2, 0) is 18.4 Å². The first-order chi connectivity index (χ1) is 32.0. The van der Waals surface area contributed by atoms with Crippen LogP contribution in [0.15, 0.2) is 36.5 Å². The highest BCUT2D eigenvalue weighted by atomic mass is 31.2. The lowest BCUT2D eigenvalue weighted by molar-refractivity contribution is -0.870. The lowest BCUT2D eigenvalue weighted by Gasteiger charge is -2.29. The Balaban J connectivity index is 4.01. The first kappa shape index (κ1) is 64.7. The number of amides is 1. The van der Waals surface area contributed by atoms with Crippen LogP contribution in [0.25, 0.3) is 0 Å². The summed E-state index contributed by atoms with van der Waals surface area (Å²) in [7, 11) is 1.25. The van der Waals surface area contributed by atoms with E-state index >= 15 is 0 Å². The molecular formula is C57H111N2O6P. The molecule has 0 bridgehead atoms. The van der Waals surface area contributed by atoms with E-state index in [1.54, 1.807) is 6.08 Å². The molecule has 0 spiro atoms. The fourth-order valence-corrected chi connectivity index (χ4v) is 9.06. The molecule has 1 amide bonds. The summed E-state index contributed by atoms with van der Waals surface area (Å²) in [6.45, 7) is 4.63. The maximum absolute atomic E-state index is 12.9. The summed E-state index contributed by atoms with van der Waals surface area (Å²) in [4.78, 5) is 25.4. The molecule has 66 heavy (non-hydrogen) atoms. The number of aliphatic hydroxyl groups is 1. The highest BCUT2D eigenvalue weighted by Crippen LogP contribution is 2.38. The van der Waals surface area contributed by atoms with Crippen LogP contribution in [0.2, 0.25) is 0 Å². The second kappa shape index (κ2) is 48.7. The van der Waals surface area contributed by atoms with Crippen molar-refractivity contribution in [3.8, 4) is 0 Å². The first-order valence-corrected chi connectivity index (χ1v) is 29.8. The Bertz CT molecular complexity index is 1170. The molecule has 0 aliphatic heterocycles. The summed E-state index contributed by atoms with van der Waals surface area (Å²) in [5.74, 6) is -0.205. The van der Waals surface area contributed by atoms with Gasteiger partial charge in [-0.1, -0.05) is 243 Å². The molecule has 0 aromatic rings. The Morgan fingerprint density at radius 3 is 1.23 bits per heavy atom. The van der Waals surface area contributed by atoms with Gasteiger partial charge >= 0.3 is 0 Å². The average molecular weight is 951 g/mol. The largest absolute Gasteiger partial charge is 0.756 e. The van der Waals surface area contributed by atoms with Crippen molar-refractivity contribution in [3.63, 3.8) is 0 Å². The Morgan fingerprint density at radius 1 is 0.515 bits per heavy atom. The van der Waals surface area contributed by atoms with Crippen LogP contribution < -0.4 is 10.2 Å². The van der Waals surface area contributed by atoms with Crippen molar-refractivity contribution < 1.29 is 32.9 Å². The number of phosphoric acid groups is 1. The lowest BCUT2D eigenvalue weighted by Crippen LogP contribution is -2.45. The number of carbonyl (C=O) groups excluding carboxylic acids is 1. The van der Waals surface area contributed by atoms with Crippen molar-refractivity contribution in [1.29, 1.82) is 0 Å². The van der Waals surface area contributed by atoms with Gasteiger partial charge in [-0.25, -0.2) is 0 Å². The molecule has 0 aliphatic rings. The van der Waals surface area contributed by atoms with Crippen LogP contribution >= 0.6 is 7.82 Å². The third-order valence-electron chi connectivity index (χ3n) is 12.8. The number of allylic oxidation sites excluding steroid dienone is 5. The zero-order valence-corrected chi connectivity index (χ0v) is 45.3. The zero-order valence-electron chi connectivity index (χ0n) is 44.4. The molecule has 0 aromatic heterocycles. The number of aliphatic hydroxyl groups excluding tert-OH is 1. The van der Waals surface area contributed by atoms with Gasteiger partial charge in [0.1, 0.15) is 13.2 Å². The number of nitrogens with one attached hydrogen (secondary N) is 1. The van der Waals surface area contributed by atoms with Gasteiger partial charge in [-0.15, -0.1) is 0 Å². The fourth-order valence-electron chi connectivity index (χ4n) is 8.34. The van der Waals surface area contributed by atoms with Gasteiger partial charge in [0, 0.05) is 6.42 Å². The molecule has 8 nitrogen and oxygen atoms in total. The van der Waals surface area contributed by atoms with E-state index in [9.17, 15) is 19.4 Å². The second-order valence-electron chi connectivity index (χ2n) is 20.6. The number of hydrogen-bond donors (Lipinski definition) is 2. The number of unbranched alkanes of at least 4 members (excludes halogenated alkanes) is 35. The van der Waals surface area contributed by atoms with Crippen molar-refractivity contribution in [2.75, 3.05) is 40.9 Å². The van der Waals surface area contributed by atoms with Crippen LogP contribution in [0.1, 0.15) is 271 Å². The summed E-state index contributed by atoms with van der Waals surface area (Å²) in [6, 6.07) is -0.901.